The van der Waals surface area contributed by atoms with Crippen LogP contribution < -0.4 is 0 Å². The summed E-state index contributed by atoms with van der Waals surface area (Å²) in [4.78, 5) is 0. The van der Waals surface area contributed by atoms with Crippen molar-refractivity contribution in [1.29, 1.82) is 5.26 Å². The molecule has 0 amide bonds. The van der Waals surface area contributed by atoms with Crippen LogP contribution in [-0.2, 0) is 12.8 Å². The molecule has 0 N–H and O–H groups in total. The zero-order valence-electron chi connectivity index (χ0n) is 12.3. The zero-order valence-corrected chi connectivity index (χ0v) is 13.8. The van der Waals surface area contributed by atoms with Gasteiger partial charge in [0.25, 0.3) is 0 Å². The van der Waals surface area contributed by atoms with Gasteiger partial charge in [0.15, 0.2) is 0 Å². The molecule has 0 saturated carbocycles. The number of benzene rings is 2. The van der Waals surface area contributed by atoms with Crippen molar-refractivity contribution in [1.82, 2.24) is 0 Å². The van der Waals surface area contributed by atoms with E-state index in [1.165, 1.54) is 11.1 Å². The molecule has 0 fully saturated rings. The van der Waals surface area contributed by atoms with E-state index in [0.717, 1.165) is 35.1 Å². The maximum absolute atomic E-state index is 9.84. The van der Waals surface area contributed by atoms with E-state index < -0.39 is 0 Å². The number of fused-ring (bicyclic) bond motifs is 2. The highest BCUT2D eigenvalue weighted by Crippen LogP contribution is 2.43. The summed E-state index contributed by atoms with van der Waals surface area (Å²) in [6, 6.07) is 14.3. The van der Waals surface area contributed by atoms with Gasteiger partial charge in [-0.3, -0.25) is 0 Å². The fourth-order valence-electron chi connectivity index (χ4n) is 3.50. The molecule has 2 aliphatic carbocycles. The number of allylic oxidation sites excluding steroid dienone is 4. The first-order valence-electron chi connectivity index (χ1n) is 7.54. The first-order valence-corrected chi connectivity index (χ1v) is 8.30. The number of hydrogen-bond donors (Lipinski definition) is 0. The summed E-state index contributed by atoms with van der Waals surface area (Å²) in [5.41, 5.74) is 6.78. The molecule has 0 heterocycles. The summed E-state index contributed by atoms with van der Waals surface area (Å²) in [5, 5.41) is 11.3. The topological polar surface area (TPSA) is 23.8 Å². The Morgan fingerprint density at radius 1 is 0.826 bits per heavy atom. The monoisotopic (exact) mass is 337 g/mol. The van der Waals surface area contributed by atoms with E-state index in [0.29, 0.717) is 10.0 Å². The predicted molar refractivity (Wildman–Crippen MR) is 95.4 cm³/mol. The Labute approximate surface area is 145 Å². The van der Waals surface area contributed by atoms with Crippen LogP contribution >= 0.6 is 23.2 Å². The second-order valence-electron chi connectivity index (χ2n) is 5.89. The highest BCUT2D eigenvalue weighted by molar-refractivity contribution is 6.31. The van der Waals surface area contributed by atoms with E-state index in [-0.39, 0.29) is 5.92 Å². The Morgan fingerprint density at radius 3 is 1.74 bits per heavy atom. The van der Waals surface area contributed by atoms with E-state index in [2.05, 4.69) is 18.2 Å². The molecule has 0 bridgehead atoms. The molecule has 0 unspecified atom stereocenters. The smallest absolute Gasteiger partial charge is 0.0968 e. The third-order valence-electron chi connectivity index (χ3n) is 4.60. The molecule has 4 rings (SSSR count). The first-order chi connectivity index (χ1) is 11.2. The standard InChI is InChI=1S/C20H13Cl2N/c21-14-5-1-12-3-7-16(18(12)9-14)20(11-23)17-8-4-13-2-6-15(22)10-19(13)17/h1-2,5-10,20H,3-4H2. The average Bonchev–Trinajstić information content (AvgIpc) is 3.13. The van der Waals surface area contributed by atoms with Crippen LogP contribution in [0.3, 0.4) is 0 Å². The highest BCUT2D eigenvalue weighted by Gasteiger charge is 2.29. The molecule has 3 heteroatoms. The molecule has 2 aliphatic rings. The lowest BCUT2D eigenvalue weighted by Crippen LogP contribution is -2.03. The van der Waals surface area contributed by atoms with E-state index in [1.54, 1.807) is 0 Å². The summed E-state index contributed by atoms with van der Waals surface area (Å²) in [5.74, 6) is -0.283. The summed E-state index contributed by atoms with van der Waals surface area (Å²) in [6.07, 6.45) is 6.02. The molecule has 0 spiro atoms. The minimum atomic E-state index is -0.283. The van der Waals surface area contributed by atoms with Crippen LogP contribution in [0.4, 0.5) is 0 Å². The lowest BCUT2D eigenvalue weighted by molar-refractivity contribution is 1.13. The molecule has 0 saturated heterocycles. The van der Waals surface area contributed by atoms with Crippen molar-refractivity contribution in [3.8, 4) is 6.07 Å². The van der Waals surface area contributed by atoms with Crippen molar-refractivity contribution in [3.63, 3.8) is 0 Å². The SMILES string of the molecule is N#CC(C1=CCc2ccc(Cl)cc21)C1=CCc2ccc(Cl)cc21. The molecular formula is C20H13Cl2N. The molecule has 0 aromatic heterocycles. The Morgan fingerprint density at radius 2 is 1.30 bits per heavy atom. The van der Waals surface area contributed by atoms with E-state index in [1.807, 2.05) is 36.4 Å². The second kappa shape index (κ2) is 5.57. The number of halogens is 2. The maximum Gasteiger partial charge on any atom is 0.0968 e. The second-order valence-corrected chi connectivity index (χ2v) is 6.77. The molecule has 23 heavy (non-hydrogen) atoms. The Hall–Kier alpha value is -2.01. The third kappa shape index (κ3) is 2.39. The minimum absolute atomic E-state index is 0.283. The van der Waals surface area contributed by atoms with Crippen LogP contribution in [0.1, 0.15) is 22.3 Å². The van der Waals surface area contributed by atoms with Crippen LogP contribution in [0.25, 0.3) is 11.1 Å². The van der Waals surface area contributed by atoms with Crippen molar-refractivity contribution in [2.45, 2.75) is 12.8 Å². The molecular weight excluding hydrogens is 325 g/mol. The van der Waals surface area contributed by atoms with Crippen molar-refractivity contribution in [2.24, 2.45) is 5.92 Å². The number of rotatable bonds is 2. The summed E-state index contributed by atoms with van der Waals surface area (Å²) >= 11 is 12.3. The lowest BCUT2D eigenvalue weighted by Gasteiger charge is -2.16. The average molecular weight is 338 g/mol. The van der Waals surface area contributed by atoms with Crippen LogP contribution in [0.2, 0.25) is 10.0 Å². The van der Waals surface area contributed by atoms with Crippen LogP contribution in [-0.4, -0.2) is 0 Å². The normalized spacial score (nSPS) is 15.0. The van der Waals surface area contributed by atoms with E-state index >= 15 is 0 Å². The molecule has 0 atom stereocenters. The molecule has 0 aliphatic heterocycles. The largest absolute Gasteiger partial charge is 0.197 e. The molecule has 0 radical (unpaired) electrons. The Balaban J connectivity index is 1.78. The Bertz CT molecular complexity index is 846. The van der Waals surface area contributed by atoms with Gasteiger partial charge in [0, 0.05) is 10.0 Å². The van der Waals surface area contributed by atoms with Gasteiger partial charge in [0.05, 0.1) is 12.0 Å². The highest BCUT2D eigenvalue weighted by atomic mass is 35.5. The van der Waals surface area contributed by atoms with Gasteiger partial charge >= 0.3 is 0 Å². The number of nitrogens with zero attached hydrogens (tertiary/aromatic N) is 1. The van der Waals surface area contributed by atoms with Crippen molar-refractivity contribution >= 4 is 34.3 Å². The summed E-state index contributed by atoms with van der Waals surface area (Å²) in [7, 11) is 0. The van der Waals surface area contributed by atoms with Gasteiger partial charge in [-0.2, -0.15) is 5.26 Å². The van der Waals surface area contributed by atoms with Crippen LogP contribution in [0.5, 0.6) is 0 Å². The van der Waals surface area contributed by atoms with Gasteiger partial charge in [0.2, 0.25) is 0 Å². The van der Waals surface area contributed by atoms with Gasteiger partial charge in [-0.15, -0.1) is 0 Å². The van der Waals surface area contributed by atoms with Crippen molar-refractivity contribution < 1.29 is 0 Å². The molecule has 2 aromatic carbocycles. The van der Waals surface area contributed by atoms with Gasteiger partial charge in [-0.05, 0) is 70.5 Å². The third-order valence-corrected chi connectivity index (χ3v) is 5.07. The predicted octanol–water partition coefficient (Wildman–Crippen LogP) is 5.71. The maximum atomic E-state index is 9.84. The van der Waals surface area contributed by atoms with Gasteiger partial charge < -0.3 is 0 Å². The Kier molecular flexibility index (Phi) is 3.53. The van der Waals surface area contributed by atoms with Crippen LogP contribution in [0, 0.1) is 17.2 Å². The zero-order chi connectivity index (χ0) is 16.0. The fraction of sp³-hybridized carbons (Fsp3) is 0.150. The van der Waals surface area contributed by atoms with Gasteiger partial charge in [0.1, 0.15) is 0 Å². The summed E-state index contributed by atoms with van der Waals surface area (Å²) in [6.45, 7) is 0. The first kappa shape index (κ1) is 14.6. The minimum Gasteiger partial charge on any atom is -0.197 e. The van der Waals surface area contributed by atoms with E-state index in [4.69, 9.17) is 23.2 Å². The van der Waals surface area contributed by atoms with Gasteiger partial charge in [-0.1, -0.05) is 47.5 Å². The quantitative estimate of drug-likeness (QED) is 0.688. The molecule has 1 nitrogen and oxygen atoms in total. The lowest BCUT2D eigenvalue weighted by atomic mass is 9.86. The van der Waals surface area contributed by atoms with E-state index in [9.17, 15) is 5.26 Å². The number of hydrogen-bond acceptors (Lipinski definition) is 1. The van der Waals surface area contributed by atoms with Crippen LogP contribution in [0.15, 0.2) is 48.6 Å². The number of nitriles is 1. The van der Waals surface area contributed by atoms with Gasteiger partial charge in [-0.25, -0.2) is 0 Å². The van der Waals surface area contributed by atoms with Crippen molar-refractivity contribution in [3.05, 3.63) is 80.8 Å². The summed E-state index contributed by atoms with van der Waals surface area (Å²) < 4.78 is 0. The van der Waals surface area contributed by atoms with Crippen molar-refractivity contribution in [2.75, 3.05) is 0 Å². The molecule has 2 aromatic rings. The fourth-order valence-corrected chi connectivity index (χ4v) is 3.85. The molecule has 112 valence electrons.